The van der Waals surface area contributed by atoms with Crippen molar-refractivity contribution in [3.63, 3.8) is 0 Å². The molecule has 0 aliphatic heterocycles. The summed E-state index contributed by atoms with van der Waals surface area (Å²) in [5.41, 5.74) is 5.61. The Kier molecular flexibility index (Phi) is 3.51. The average molecular weight is 232 g/mol. The van der Waals surface area contributed by atoms with Crippen LogP contribution in [0.4, 0.5) is 0 Å². The number of carbonyl (C=O) groups excluding carboxylic acids is 1. The molecule has 1 aromatic rings. The van der Waals surface area contributed by atoms with Gasteiger partial charge in [-0.15, -0.1) is 0 Å². The van der Waals surface area contributed by atoms with Crippen LogP contribution in [0.2, 0.25) is 0 Å². The van der Waals surface area contributed by atoms with Crippen LogP contribution in [0.1, 0.15) is 43.0 Å². The lowest BCUT2D eigenvalue weighted by Crippen LogP contribution is -2.15. The van der Waals surface area contributed by atoms with E-state index in [0.29, 0.717) is 0 Å². The first-order valence-corrected chi connectivity index (χ1v) is 6.44. The maximum absolute atomic E-state index is 11.0. The minimum atomic E-state index is -0.172. The largest absolute Gasteiger partial charge is 0.462 e. The molecule has 1 aliphatic rings. The maximum atomic E-state index is 11.0. The summed E-state index contributed by atoms with van der Waals surface area (Å²) >= 11 is 0. The Morgan fingerprint density at radius 1 is 1.18 bits per heavy atom. The summed E-state index contributed by atoms with van der Waals surface area (Å²) in [7, 11) is 0. The number of hydrogen-bond donors (Lipinski definition) is 0. The van der Waals surface area contributed by atoms with Crippen LogP contribution < -0.4 is 0 Å². The summed E-state index contributed by atoms with van der Waals surface area (Å²) < 4.78 is 5.30. The van der Waals surface area contributed by atoms with Crippen LogP contribution in [0, 0.1) is 0 Å². The van der Waals surface area contributed by atoms with E-state index < -0.39 is 0 Å². The molecule has 17 heavy (non-hydrogen) atoms. The van der Waals surface area contributed by atoms with Crippen LogP contribution in [0.15, 0.2) is 12.1 Å². The third kappa shape index (κ3) is 2.51. The average Bonchev–Trinajstić information content (AvgIpc) is 2.66. The van der Waals surface area contributed by atoms with Crippen LogP contribution in [0.5, 0.6) is 0 Å². The topological polar surface area (TPSA) is 26.3 Å². The highest BCUT2D eigenvalue weighted by Crippen LogP contribution is 2.28. The molecule has 0 fully saturated rings. The fourth-order valence-corrected chi connectivity index (χ4v) is 2.71. The van der Waals surface area contributed by atoms with Crippen molar-refractivity contribution in [2.45, 2.75) is 52.6 Å². The molecular formula is C15H20O2. The molecule has 1 aliphatic carbocycles. The zero-order chi connectivity index (χ0) is 12.4. The van der Waals surface area contributed by atoms with Crippen molar-refractivity contribution in [1.29, 1.82) is 0 Å². The lowest BCUT2D eigenvalue weighted by molar-refractivity contribution is -0.145. The molecule has 0 aromatic heterocycles. The van der Waals surface area contributed by atoms with Crippen molar-refractivity contribution in [2.75, 3.05) is 0 Å². The van der Waals surface area contributed by atoms with Gasteiger partial charge in [0.25, 0.3) is 0 Å². The third-order valence-corrected chi connectivity index (χ3v) is 3.51. The quantitative estimate of drug-likeness (QED) is 0.749. The number of ether oxygens (including phenoxy) is 1. The molecule has 0 saturated carbocycles. The van der Waals surface area contributed by atoms with Gasteiger partial charge in [0, 0.05) is 19.8 Å². The zero-order valence-electron chi connectivity index (χ0n) is 10.9. The zero-order valence-corrected chi connectivity index (χ0v) is 10.9. The smallest absolute Gasteiger partial charge is 0.302 e. The molecule has 0 heterocycles. The minimum absolute atomic E-state index is 0.0549. The summed E-state index contributed by atoms with van der Waals surface area (Å²) in [5, 5.41) is 0. The molecule has 0 spiro atoms. The van der Waals surface area contributed by atoms with Gasteiger partial charge in [-0.3, -0.25) is 4.79 Å². The predicted octanol–water partition coefficient (Wildman–Crippen LogP) is 2.84. The van der Waals surface area contributed by atoms with E-state index >= 15 is 0 Å². The first kappa shape index (κ1) is 12.2. The van der Waals surface area contributed by atoms with Gasteiger partial charge in [-0.1, -0.05) is 26.0 Å². The summed E-state index contributed by atoms with van der Waals surface area (Å²) in [4.78, 5) is 11.0. The minimum Gasteiger partial charge on any atom is -0.462 e. The van der Waals surface area contributed by atoms with E-state index in [9.17, 15) is 4.79 Å². The molecule has 0 amide bonds. The van der Waals surface area contributed by atoms with Crippen molar-refractivity contribution in [3.05, 3.63) is 34.4 Å². The molecule has 2 rings (SSSR count). The molecule has 0 unspecified atom stereocenters. The molecule has 2 heteroatoms. The lowest BCUT2D eigenvalue weighted by Gasteiger charge is -2.08. The number of hydrogen-bond acceptors (Lipinski definition) is 2. The van der Waals surface area contributed by atoms with E-state index in [1.54, 1.807) is 0 Å². The van der Waals surface area contributed by atoms with Crippen molar-refractivity contribution >= 4 is 5.97 Å². The van der Waals surface area contributed by atoms with E-state index in [2.05, 4.69) is 26.0 Å². The van der Waals surface area contributed by atoms with Crippen LogP contribution in [0.25, 0.3) is 0 Å². The first-order valence-electron chi connectivity index (χ1n) is 6.44. The second-order valence-corrected chi connectivity index (χ2v) is 4.74. The number of benzene rings is 1. The van der Waals surface area contributed by atoms with Crippen LogP contribution in [-0.4, -0.2) is 12.1 Å². The van der Waals surface area contributed by atoms with Crippen LogP contribution in [0.3, 0.4) is 0 Å². The van der Waals surface area contributed by atoms with Gasteiger partial charge in [0.2, 0.25) is 0 Å². The second kappa shape index (κ2) is 4.91. The van der Waals surface area contributed by atoms with Crippen molar-refractivity contribution < 1.29 is 9.53 Å². The van der Waals surface area contributed by atoms with Gasteiger partial charge in [-0.05, 0) is 35.1 Å². The fraction of sp³-hybridized carbons (Fsp3) is 0.533. The van der Waals surface area contributed by atoms with E-state index in [1.165, 1.54) is 29.2 Å². The standard InChI is InChI=1S/C15H20O2/c1-4-11-6-13-8-15(17-10(3)16)9-14(13)7-12(11)5-2/h6-7,15H,4-5,8-9H2,1-3H3. The van der Waals surface area contributed by atoms with Crippen LogP contribution in [-0.2, 0) is 35.2 Å². The molecule has 0 atom stereocenters. The monoisotopic (exact) mass is 232 g/mol. The lowest BCUT2D eigenvalue weighted by atomic mass is 9.97. The first-order chi connectivity index (χ1) is 8.13. The molecule has 0 bridgehead atoms. The van der Waals surface area contributed by atoms with Gasteiger partial charge in [-0.2, -0.15) is 0 Å². The van der Waals surface area contributed by atoms with Crippen molar-refractivity contribution in [1.82, 2.24) is 0 Å². The van der Waals surface area contributed by atoms with Gasteiger partial charge in [0.05, 0.1) is 0 Å². The third-order valence-electron chi connectivity index (χ3n) is 3.51. The maximum Gasteiger partial charge on any atom is 0.302 e. The Hall–Kier alpha value is -1.31. The Labute approximate surface area is 103 Å². The van der Waals surface area contributed by atoms with E-state index in [-0.39, 0.29) is 12.1 Å². The SMILES string of the molecule is CCc1cc2c(cc1CC)CC(OC(C)=O)C2. The molecule has 92 valence electrons. The summed E-state index contributed by atoms with van der Waals surface area (Å²) in [6.45, 7) is 5.87. The number of fused-ring (bicyclic) bond motifs is 1. The second-order valence-electron chi connectivity index (χ2n) is 4.74. The fourth-order valence-electron chi connectivity index (χ4n) is 2.71. The highest BCUT2D eigenvalue weighted by Gasteiger charge is 2.24. The summed E-state index contributed by atoms with van der Waals surface area (Å²) in [6.07, 6.45) is 3.97. The Balaban J connectivity index is 2.23. The number of rotatable bonds is 3. The van der Waals surface area contributed by atoms with Crippen molar-refractivity contribution in [3.8, 4) is 0 Å². The van der Waals surface area contributed by atoms with Gasteiger partial charge in [-0.25, -0.2) is 0 Å². The molecular weight excluding hydrogens is 212 g/mol. The number of esters is 1. The summed E-state index contributed by atoms with van der Waals surface area (Å²) in [5.74, 6) is -0.172. The predicted molar refractivity (Wildman–Crippen MR) is 68.2 cm³/mol. The molecule has 0 saturated heterocycles. The Morgan fingerprint density at radius 3 is 2.00 bits per heavy atom. The van der Waals surface area contributed by atoms with E-state index in [4.69, 9.17) is 4.74 Å². The van der Waals surface area contributed by atoms with E-state index in [0.717, 1.165) is 25.7 Å². The normalized spacial score (nSPS) is 14.8. The highest BCUT2D eigenvalue weighted by molar-refractivity contribution is 5.66. The van der Waals surface area contributed by atoms with Gasteiger partial charge in [0.1, 0.15) is 6.10 Å². The Bertz CT molecular complexity index is 402. The molecule has 0 radical (unpaired) electrons. The number of carbonyl (C=O) groups is 1. The van der Waals surface area contributed by atoms with Crippen LogP contribution >= 0.6 is 0 Å². The van der Waals surface area contributed by atoms with Gasteiger partial charge >= 0.3 is 5.97 Å². The van der Waals surface area contributed by atoms with Crippen molar-refractivity contribution in [2.24, 2.45) is 0 Å². The number of aryl methyl sites for hydroxylation is 2. The molecule has 2 nitrogen and oxygen atoms in total. The van der Waals surface area contributed by atoms with E-state index in [1.807, 2.05) is 0 Å². The highest BCUT2D eigenvalue weighted by atomic mass is 16.5. The summed E-state index contributed by atoms with van der Waals surface area (Å²) in [6, 6.07) is 4.61. The Morgan fingerprint density at radius 2 is 1.65 bits per heavy atom. The van der Waals surface area contributed by atoms with Gasteiger partial charge < -0.3 is 4.74 Å². The molecule has 1 aromatic carbocycles. The van der Waals surface area contributed by atoms with Gasteiger partial charge in [0.15, 0.2) is 0 Å². The molecule has 0 N–H and O–H groups in total.